The molecule has 1 heterocycles. The van der Waals surface area contributed by atoms with Crippen molar-refractivity contribution in [2.75, 3.05) is 5.32 Å². The molecule has 0 radical (unpaired) electrons. The zero-order valence-corrected chi connectivity index (χ0v) is 11.6. The van der Waals surface area contributed by atoms with Crippen LogP contribution in [0, 0.1) is 0 Å². The van der Waals surface area contributed by atoms with Crippen LogP contribution in [0.5, 0.6) is 0 Å². The van der Waals surface area contributed by atoms with Crippen molar-refractivity contribution < 1.29 is 9.90 Å². The van der Waals surface area contributed by atoms with Gasteiger partial charge >= 0.3 is 0 Å². The number of hydrogen-bond acceptors (Lipinski definition) is 2. The maximum atomic E-state index is 12.1. The lowest BCUT2D eigenvalue weighted by atomic mass is 9.88. The predicted octanol–water partition coefficient (Wildman–Crippen LogP) is 2.83. The molecular formula is C15H12BrNO2. The molecule has 1 atom stereocenters. The highest BCUT2D eigenvalue weighted by Gasteiger charge is 2.45. The van der Waals surface area contributed by atoms with Crippen molar-refractivity contribution >= 4 is 27.5 Å². The summed E-state index contributed by atoms with van der Waals surface area (Å²) < 4.78 is 0.889. The molecule has 0 aromatic heterocycles. The average molecular weight is 318 g/mol. The number of halogens is 1. The molecule has 1 unspecified atom stereocenters. The molecule has 3 nitrogen and oxygen atoms in total. The highest BCUT2D eigenvalue weighted by molar-refractivity contribution is 9.10. The number of rotatable bonds is 2. The molecule has 0 bridgehead atoms. The van der Waals surface area contributed by atoms with E-state index in [9.17, 15) is 9.90 Å². The number of amides is 1. The van der Waals surface area contributed by atoms with Gasteiger partial charge in [-0.15, -0.1) is 0 Å². The third-order valence-corrected chi connectivity index (χ3v) is 4.17. The Morgan fingerprint density at radius 3 is 2.58 bits per heavy atom. The van der Waals surface area contributed by atoms with Crippen LogP contribution in [0.3, 0.4) is 0 Å². The van der Waals surface area contributed by atoms with E-state index in [2.05, 4.69) is 21.2 Å². The van der Waals surface area contributed by atoms with E-state index in [-0.39, 0.29) is 12.3 Å². The lowest BCUT2D eigenvalue weighted by molar-refractivity contribution is -0.133. The van der Waals surface area contributed by atoms with Crippen LogP contribution in [0.25, 0.3) is 0 Å². The molecule has 4 heteroatoms. The van der Waals surface area contributed by atoms with Crippen LogP contribution in [-0.2, 0) is 16.8 Å². The SMILES string of the molecule is O=C1Nc2ccccc2C1(O)Cc1ccccc1Br. The summed E-state index contributed by atoms with van der Waals surface area (Å²) in [4.78, 5) is 12.1. The van der Waals surface area contributed by atoms with E-state index >= 15 is 0 Å². The lowest BCUT2D eigenvalue weighted by Gasteiger charge is -2.21. The van der Waals surface area contributed by atoms with Gasteiger partial charge in [-0.1, -0.05) is 52.3 Å². The molecule has 1 aliphatic heterocycles. The summed E-state index contributed by atoms with van der Waals surface area (Å²) in [6.45, 7) is 0. The second-order valence-electron chi connectivity index (χ2n) is 4.63. The number of hydrogen-bond donors (Lipinski definition) is 2. The maximum Gasteiger partial charge on any atom is 0.261 e. The van der Waals surface area contributed by atoms with Crippen LogP contribution in [-0.4, -0.2) is 11.0 Å². The minimum Gasteiger partial charge on any atom is -0.375 e. The van der Waals surface area contributed by atoms with E-state index in [1.54, 1.807) is 12.1 Å². The fourth-order valence-electron chi connectivity index (χ4n) is 2.39. The second kappa shape index (κ2) is 4.47. The van der Waals surface area contributed by atoms with E-state index in [0.29, 0.717) is 11.3 Å². The monoisotopic (exact) mass is 317 g/mol. The third-order valence-electron chi connectivity index (χ3n) is 3.40. The molecule has 2 N–H and O–H groups in total. The van der Waals surface area contributed by atoms with Gasteiger partial charge in [0.05, 0.1) is 0 Å². The zero-order valence-electron chi connectivity index (χ0n) is 10.1. The molecule has 3 rings (SSSR count). The summed E-state index contributed by atoms with van der Waals surface area (Å²) in [5, 5.41) is 13.5. The van der Waals surface area contributed by atoms with Gasteiger partial charge in [0.15, 0.2) is 5.60 Å². The van der Waals surface area contributed by atoms with Gasteiger partial charge in [-0.3, -0.25) is 4.79 Å². The Balaban J connectivity index is 2.04. The molecule has 19 heavy (non-hydrogen) atoms. The van der Waals surface area contributed by atoms with E-state index in [4.69, 9.17) is 0 Å². The minimum atomic E-state index is -1.50. The largest absolute Gasteiger partial charge is 0.375 e. The zero-order chi connectivity index (χ0) is 13.5. The Bertz CT molecular complexity index is 656. The van der Waals surface area contributed by atoms with Crippen LogP contribution < -0.4 is 5.32 Å². The number of nitrogens with one attached hydrogen (secondary N) is 1. The first-order valence-corrected chi connectivity index (χ1v) is 6.77. The standard InChI is InChI=1S/C15H12BrNO2/c16-12-7-3-1-5-10(12)9-15(19)11-6-2-4-8-13(11)17-14(15)18/h1-8,19H,9H2,(H,17,18). The Hall–Kier alpha value is -1.65. The summed E-state index contributed by atoms with van der Waals surface area (Å²) >= 11 is 3.44. The van der Waals surface area contributed by atoms with Crippen LogP contribution in [0.4, 0.5) is 5.69 Å². The quantitative estimate of drug-likeness (QED) is 0.894. The first-order chi connectivity index (χ1) is 9.11. The van der Waals surface area contributed by atoms with Crippen molar-refractivity contribution in [3.05, 3.63) is 64.1 Å². The molecule has 0 fully saturated rings. The Morgan fingerprint density at radius 2 is 1.79 bits per heavy atom. The van der Waals surface area contributed by atoms with E-state index in [0.717, 1.165) is 10.0 Å². The normalized spacial score (nSPS) is 21.1. The van der Waals surface area contributed by atoms with Crippen LogP contribution in [0.2, 0.25) is 0 Å². The molecule has 1 aliphatic rings. The van der Waals surface area contributed by atoms with Crippen molar-refractivity contribution in [3.8, 4) is 0 Å². The highest BCUT2D eigenvalue weighted by Crippen LogP contribution is 2.39. The summed E-state index contributed by atoms with van der Waals surface area (Å²) in [6.07, 6.45) is 0.247. The summed E-state index contributed by atoms with van der Waals surface area (Å²) in [5.74, 6) is -0.371. The van der Waals surface area contributed by atoms with Crippen molar-refractivity contribution in [3.63, 3.8) is 0 Å². The Morgan fingerprint density at radius 1 is 1.11 bits per heavy atom. The van der Waals surface area contributed by atoms with Gasteiger partial charge in [0, 0.05) is 22.1 Å². The number of anilines is 1. The average Bonchev–Trinajstić information content (AvgIpc) is 2.65. The van der Waals surface area contributed by atoms with Gasteiger partial charge in [-0.25, -0.2) is 0 Å². The van der Waals surface area contributed by atoms with Crippen LogP contribution in [0.15, 0.2) is 53.0 Å². The predicted molar refractivity (Wildman–Crippen MR) is 76.8 cm³/mol. The van der Waals surface area contributed by atoms with E-state index in [1.807, 2.05) is 36.4 Å². The van der Waals surface area contributed by atoms with Gasteiger partial charge in [-0.05, 0) is 17.7 Å². The van der Waals surface area contributed by atoms with Crippen molar-refractivity contribution in [2.24, 2.45) is 0 Å². The number of fused-ring (bicyclic) bond motifs is 1. The molecule has 1 amide bonds. The maximum absolute atomic E-state index is 12.1. The molecule has 0 spiro atoms. The van der Waals surface area contributed by atoms with Crippen molar-refractivity contribution in [1.29, 1.82) is 0 Å². The summed E-state index contributed by atoms with van der Waals surface area (Å²) in [6, 6.07) is 14.8. The van der Waals surface area contributed by atoms with Crippen molar-refractivity contribution in [2.45, 2.75) is 12.0 Å². The molecule has 2 aromatic carbocycles. The summed E-state index contributed by atoms with van der Waals surface area (Å²) in [5.41, 5.74) is 0.718. The Labute approximate surface area is 119 Å². The number of carbonyl (C=O) groups is 1. The first-order valence-electron chi connectivity index (χ1n) is 5.98. The van der Waals surface area contributed by atoms with Crippen LogP contribution >= 0.6 is 15.9 Å². The minimum absolute atomic E-state index is 0.247. The summed E-state index contributed by atoms with van der Waals surface area (Å²) in [7, 11) is 0. The fraction of sp³-hybridized carbons (Fsp3) is 0.133. The first kappa shape index (κ1) is 12.4. The molecule has 2 aromatic rings. The number of benzene rings is 2. The van der Waals surface area contributed by atoms with Gasteiger partial charge in [-0.2, -0.15) is 0 Å². The molecule has 0 saturated heterocycles. The number of para-hydroxylation sites is 1. The number of carbonyl (C=O) groups excluding carboxylic acids is 1. The van der Waals surface area contributed by atoms with Gasteiger partial charge in [0.25, 0.3) is 5.91 Å². The van der Waals surface area contributed by atoms with E-state index < -0.39 is 5.60 Å². The molecule has 0 saturated carbocycles. The lowest BCUT2D eigenvalue weighted by Crippen LogP contribution is -2.36. The van der Waals surface area contributed by atoms with E-state index in [1.165, 1.54) is 0 Å². The van der Waals surface area contributed by atoms with Gasteiger partial charge in [0.1, 0.15) is 0 Å². The topological polar surface area (TPSA) is 49.3 Å². The molecule has 96 valence electrons. The highest BCUT2D eigenvalue weighted by atomic mass is 79.9. The second-order valence-corrected chi connectivity index (χ2v) is 5.48. The van der Waals surface area contributed by atoms with Crippen LogP contribution in [0.1, 0.15) is 11.1 Å². The third kappa shape index (κ3) is 1.97. The smallest absolute Gasteiger partial charge is 0.261 e. The number of aliphatic hydroxyl groups is 1. The molecule has 0 aliphatic carbocycles. The molecular weight excluding hydrogens is 306 g/mol. The Kier molecular flexibility index (Phi) is 2.92. The fourth-order valence-corrected chi connectivity index (χ4v) is 2.82. The van der Waals surface area contributed by atoms with Crippen molar-refractivity contribution in [1.82, 2.24) is 0 Å². The van der Waals surface area contributed by atoms with Gasteiger partial charge < -0.3 is 10.4 Å². The van der Waals surface area contributed by atoms with Gasteiger partial charge in [0.2, 0.25) is 0 Å².